The van der Waals surface area contributed by atoms with Gasteiger partial charge < -0.3 is 10.4 Å². The molecule has 0 unspecified atom stereocenters. The molecule has 0 aliphatic carbocycles. The maximum atomic E-state index is 10.5. The second-order valence-electron chi connectivity index (χ2n) is 4.10. The lowest BCUT2D eigenvalue weighted by Gasteiger charge is -2.10. The van der Waals surface area contributed by atoms with E-state index in [0.717, 1.165) is 21.3 Å². The Morgan fingerprint density at radius 2 is 2.05 bits per heavy atom. The molecule has 0 saturated heterocycles. The van der Waals surface area contributed by atoms with Crippen LogP contribution in [-0.2, 0) is 4.79 Å². The maximum Gasteiger partial charge on any atom is 0.313 e. The second-order valence-corrected chi connectivity index (χ2v) is 7.21. The fourth-order valence-electron chi connectivity index (χ4n) is 1.66. The minimum Gasteiger partial charge on any atom is -0.481 e. The zero-order chi connectivity index (χ0) is 14.7. The summed E-state index contributed by atoms with van der Waals surface area (Å²) in [6, 6.07) is 4.05. The zero-order valence-electron chi connectivity index (χ0n) is 10.8. The van der Waals surface area contributed by atoms with E-state index in [1.807, 2.05) is 26.0 Å². The Labute approximate surface area is 132 Å². The number of aliphatic carboxylic acids is 1. The van der Waals surface area contributed by atoms with Gasteiger partial charge in [-0.1, -0.05) is 39.0 Å². The first-order chi connectivity index (χ1) is 9.45. The number of halogens is 1. The highest BCUT2D eigenvalue weighted by Crippen LogP contribution is 2.31. The number of hydrogen-bond donors (Lipinski definition) is 2. The Morgan fingerprint density at radius 3 is 2.65 bits per heavy atom. The summed E-state index contributed by atoms with van der Waals surface area (Å²) in [7, 11) is 0. The molecule has 0 bridgehead atoms. The smallest absolute Gasteiger partial charge is 0.313 e. The van der Waals surface area contributed by atoms with E-state index in [9.17, 15) is 4.79 Å². The molecular weight excluding hydrogens is 362 g/mol. The Balaban J connectivity index is 2.13. The molecule has 2 N–H and O–H groups in total. The SMILES string of the molecule is Cc1cc(Br)cc(C)c1Nc1nnc(SCC(=O)O)s1. The van der Waals surface area contributed by atoms with Gasteiger partial charge in [-0.25, -0.2) is 0 Å². The third-order valence-corrected chi connectivity index (χ3v) is 4.87. The Kier molecular flexibility index (Phi) is 5.00. The van der Waals surface area contributed by atoms with Crippen LogP contribution in [0, 0.1) is 13.8 Å². The molecule has 1 aromatic carbocycles. The first-order valence-electron chi connectivity index (χ1n) is 5.67. The lowest BCUT2D eigenvalue weighted by Crippen LogP contribution is -1.96. The first kappa shape index (κ1) is 15.3. The van der Waals surface area contributed by atoms with Gasteiger partial charge in [-0.05, 0) is 37.1 Å². The van der Waals surface area contributed by atoms with Gasteiger partial charge in [0, 0.05) is 10.2 Å². The van der Waals surface area contributed by atoms with Crippen LogP contribution < -0.4 is 5.32 Å². The van der Waals surface area contributed by atoms with E-state index in [0.29, 0.717) is 9.47 Å². The van der Waals surface area contributed by atoms with Crippen molar-refractivity contribution in [3.8, 4) is 0 Å². The molecule has 0 aliphatic rings. The number of hydrogen-bond acceptors (Lipinski definition) is 6. The molecule has 0 radical (unpaired) electrons. The number of anilines is 2. The predicted molar refractivity (Wildman–Crippen MR) is 85.2 cm³/mol. The highest BCUT2D eigenvalue weighted by molar-refractivity contribution is 9.10. The van der Waals surface area contributed by atoms with Crippen LogP contribution in [0.1, 0.15) is 11.1 Å². The van der Waals surface area contributed by atoms with Crippen LogP contribution in [0.2, 0.25) is 0 Å². The Hall–Kier alpha value is -1.12. The average Bonchev–Trinajstić information content (AvgIpc) is 2.79. The van der Waals surface area contributed by atoms with Crippen molar-refractivity contribution in [3.05, 3.63) is 27.7 Å². The van der Waals surface area contributed by atoms with Crippen LogP contribution in [0.3, 0.4) is 0 Å². The zero-order valence-corrected chi connectivity index (χ0v) is 14.0. The molecule has 106 valence electrons. The van der Waals surface area contributed by atoms with Crippen molar-refractivity contribution < 1.29 is 9.90 Å². The molecule has 0 atom stereocenters. The molecule has 0 saturated carbocycles. The largest absolute Gasteiger partial charge is 0.481 e. The fraction of sp³-hybridized carbons (Fsp3) is 0.250. The van der Waals surface area contributed by atoms with E-state index in [1.54, 1.807) is 0 Å². The highest BCUT2D eigenvalue weighted by Gasteiger charge is 2.10. The molecule has 0 spiro atoms. The normalized spacial score (nSPS) is 10.6. The number of nitrogens with zero attached hydrogens (tertiary/aromatic N) is 2. The van der Waals surface area contributed by atoms with Crippen LogP contribution in [0.15, 0.2) is 20.9 Å². The van der Waals surface area contributed by atoms with Gasteiger partial charge in [-0.3, -0.25) is 4.79 Å². The van der Waals surface area contributed by atoms with E-state index in [2.05, 4.69) is 31.4 Å². The van der Waals surface area contributed by atoms with Gasteiger partial charge in [0.1, 0.15) is 0 Å². The van der Waals surface area contributed by atoms with E-state index < -0.39 is 5.97 Å². The molecule has 0 fully saturated rings. The third kappa shape index (κ3) is 3.94. The molecule has 1 heterocycles. The molecule has 20 heavy (non-hydrogen) atoms. The van der Waals surface area contributed by atoms with Crippen molar-refractivity contribution in [2.24, 2.45) is 0 Å². The van der Waals surface area contributed by atoms with Gasteiger partial charge in [0.25, 0.3) is 0 Å². The molecule has 1 aromatic heterocycles. The summed E-state index contributed by atoms with van der Waals surface area (Å²) in [5.41, 5.74) is 3.21. The number of aromatic nitrogens is 2. The summed E-state index contributed by atoms with van der Waals surface area (Å²) in [5, 5.41) is 20.5. The number of thioether (sulfide) groups is 1. The molecular formula is C12H12BrN3O2S2. The first-order valence-corrected chi connectivity index (χ1v) is 8.27. The molecule has 0 aliphatic heterocycles. The van der Waals surface area contributed by atoms with Crippen LogP contribution >= 0.6 is 39.0 Å². The van der Waals surface area contributed by atoms with Crippen molar-refractivity contribution in [1.82, 2.24) is 10.2 Å². The highest BCUT2D eigenvalue weighted by atomic mass is 79.9. The minimum absolute atomic E-state index is 0.00896. The number of carbonyl (C=O) groups is 1. The lowest BCUT2D eigenvalue weighted by molar-refractivity contribution is -0.133. The third-order valence-electron chi connectivity index (χ3n) is 2.45. The summed E-state index contributed by atoms with van der Waals surface area (Å²) in [5.74, 6) is -0.871. The summed E-state index contributed by atoms with van der Waals surface area (Å²) >= 11 is 5.97. The number of carboxylic acids is 1. The van der Waals surface area contributed by atoms with Crippen molar-refractivity contribution in [1.29, 1.82) is 0 Å². The Bertz CT molecular complexity index is 622. The maximum absolute atomic E-state index is 10.5. The van der Waals surface area contributed by atoms with Gasteiger partial charge in [0.05, 0.1) is 5.75 Å². The number of carboxylic acid groups (broad SMARTS) is 1. The van der Waals surface area contributed by atoms with Gasteiger partial charge >= 0.3 is 5.97 Å². The van der Waals surface area contributed by atoms with Crippen LogP contribution in [0.25, 0.3) is 0 Å². The second kappa shape index (κ2) is 6.55. The number of benzene rings is 1. The van der Waals surface area contributed by atoms with Gasteiger partial charge in [0.2, 0.25) is 5.13 Å². The topological polar surface area (TPSA) is 75.1 Å². The number of rotatable bonds is 5. The van der Waals surface area contributed by atoms with Gasteiger partial charge in [-0.15, -0.1) is 10.2 Å². The van der Waals surface area contributed by atoms with Crippen molar-refractivity contribution in [2.75, 3.05) is 11.1 Å². The van der Waals surface area contributed by atoms with Gasteiger partial charge in [0.15, 0.2) is 4.34 Å². The van der Waals surface area contributed by atoms with E-state index in [1.165, 1.54) is 23.1 Å². The predicted octanol–water partition coefficient (Wildman–Crippen LogP) is 3.84. The molecule has 2 aromatic rings. The number of nitrogens with one attached hydrogen (secondary N) is 1. The fourth-order valence-corrected chi connectivity index (χ4v) is 3.82. The van der Waals surface area contributed by atoms with Crippen molar-refractivity contribution >= 4 is 55.8 Å². The monoisotopic (exact) mass is 373 g/mol. The lowest BCUT2D eigenvalue weighted by atomic mass is 10.1. The van der Waals surface area contributed by atoms with E-state index in [-0.39, 0.29) is 5.75 Å². The minimum atomic E-state index is -0.862. The molecule has 2 rings (SSSR count). The summed E-state index contributed by atoms with van der Waals surface area (Å²) in [6.07, 6.45) is 0. The van der Waals surface area contributed by atoms with Crippen LogP contribution in [-0.4, -0.2) is 27.0 Å². The average molecular weight is 374 g/mol. The van der Waals surface area contributed by atoms with Crippen LogP contribution in [0.4, 0.5) is 10.8 Å². The van der Waals surface area contributed by atoms with E-state index in [4.69, 9.17) is 5.11 Å². The summed E-state index contributed by atoms with van der Waals surface area (Å²) in [4.78, 5) is 10.5. The van der Waals surface area contributed by atoms with E-state index >= 15 is 0 Å². The number of aryl methyl sites for hydroxylation is 2. The Morgan fingerprint density at radius 1 is 1.40 bits per heavy atom. The molecule has 0 amide bonds. The van der Waals surface area contributed by atoms with Gasteiger partial charge in [-0.2, -0.15) is 0 Å². The molecule has 5 nitrogen and oxygen atoms in total. The van der Waals surface area contributed by atoms with Crippen molar-refractivity contribution in [2.45, 2.75) is 18.2 Å². The van der Waals surface area contributed by atoms with Crippen LogP contribution in [0.5, 0.6) is 0 Å². The van der Waals surface area contributed by atoms with Crippen molar-refractivity contribution in [3.63, 3.8) is 0 Å². The quantitative estimate of drug-likeness (QED) is 0.775. The summed E-state index contributed by atoms with van der Waals surface area (Å²) < 4.78 is 1.68. The standard InChI is InChI=1S/C12H12BrN3O2S2/c1-6-3-8(13)4-7(2)10(6)14-11-15-16-12(20-11)19-5-9(17)18/h3-4H,5H2,1-2H3,(H,14,15)(H,17,18). The molecule has 8 heteroatoms. The summed E-state index contributed by atoms with van der Waals surface area (Å²) in [6.45, 7) is 4.03.